The standard InChI is InChI=1S/C32H29BrF2N8O5/c33-22-15-19(1-2-20(22)31(45)41-10-5-18(6-11-41)30(44)42-12-8-37-23(17-42)32(46)47)40-28-29-39-16-24(43(29)13-9-38-28)21-3-4-25(48-14-7-36)27(35)26(21)34/h1-4,9,13,15-16,18,23,37H,5-6,8,10-12,14,17H2,(H,38,40)(H,46,47)/t23-/m0/s1. The highest BCUT2D eigenvalue weighted by molar-refractivity contribution is 9.10. The van der Waals surface area contributed by atoms with E-state index in [2.05, 4.69) is 36.5 Å². The molecule has 2 amide bonds. The van der Waals surface area contributed by atoms with Gasteiger partial charge in [-0.2, -0.15) is 9.65 Å². The van der Waals surface area contributed by atoms with Crippen molar-refractivity contribution in [3.05, 3.63) is 70.6 Å². The maximum Gasteiger partial charge on any atom is 0.322 e. The Labute approximate surface area is 281 Å². The van der Waals surface area contributed by atoms with Crippen LogP contribution in [0.3, 0.4) is 0 Å². The van der Waals surface area contributed by atoms with Crippen LogP contribution in [0.1, 0.15) is 23.2 Å². The van der Waals surface area contributed by atoms with E-state index in [4.69, 9.17) is 10.00 Å². The Kier molecular flexibility index (Phi) is 9.51. The van der Waals surface area contributed by atoms with Crippen LogP contribution in [0, 0.1) is 28.9 Å². The molecule has 0 aliphatic carbocycles. The molecule has 0 unspecified atom stereocenters. The third-order valence-corrected chi connectivity index (χ3v) is 9.08. The number of nitrogens with zero attached hydrogens (tertiary/aromatic N) is 6. The molecule has 2 aliphatic rings. The Morgan fingerprint density at radius 1 is 1.10 bits per heavy atom. The first-order chi connectivity index (χ1) is 23.2. The van der Waals surface area contributed by atoms with Gasteiger partial charge in [-0.1, -0.05) is 0 Å². The van der Waals surface area contributed by atoms with Gasteiger partial charge in [-0.15, -0.1) is 0 Å². The molecule has 6 rings (SSSR count). The number of hydrogen-bond donors (Lipinski definition) is 3. The van der Waals surface area contributed by atoms with Crippen molar-refractivity contribution in [1.82, 2.24) is 29.5 Å². The summed E-state index contributed by atoms with van der Waals surface area (Å²) >= 11 is 3.50. The topological polar surface area (TPSA) is 165 Å². The number of nitrogens with one attached hydrogen (secondary N) is 2. The van der Waals surface area contributed by atoms with Crippen LogP contribution in [0.4, 0.5) is 20.3 Å². The van der Waals surface area contributed by atoms with Crippen LogP contribution in [0.25, 0.3) is 16.9 Å². The summed E-state index contributed by atoms with van der Waals surface area (Å²) in [5, 5.41) is 24.0. The molecule has 2 aromatic heterocycles. The first-order valence-corrected chi connectivity index (χ1v) is 15.9. The largest absolute Gasteiger partial charge is 0.480 e. The number of anilines is 2. The average Bonchev–Trinajstić information content (AvgIpc) is 3.53. The third kappa shape index (κ3) is 6.51. The number of likely N-dealkylation sites (tertiary alicyclic amines) is 1. The number of aliphatic carboxylic acids is 1. The highest BCUT2D eigenvalue weighted by Gasteiger charge is 2.34. The quantitative estimate of drug-likeness (QED) is 0.244. The van der Waals surface area contributed by atoms with Crippen molar-refractivity contribution in [3.63, 3.8) is 0 Å². The van der Waals surface area contributed by atoms with Gasteiger partial charge in [0.1, 0.15) is 12.1 Å². The fourth-order valence-electron chi connectivity index (χ4n) is 5.93. The number of aromatic nitrogens is 3. The van der Waals surface area contributed by atoms with Gasteiger partial charge in [0.05, 0.1) is 17.5 Å². The number of carbonyl (C=O) groups is 3. The fourth-order valence-corrected chi connectivity index (χ4v) is 6.48. The molecule has 0 spiro atoms. The Morgan fingerprint density at radius 3 is 2.62 bits per heavy atom. The van der Waals surface area contributed by atoms with Crippen LogP contribution in [0.2, 0.25) is 0 Å². The summed E-state index contributed by atoms with van der Waals surface area (Å²) in [6.45, 7) is 1.36. The SMILES string of the molecule is N#CCOc1ccc(-c2cnc3c(Nc4ccc(C(=O)N5CCC(C(=O)N6CCN[C@H](C(=O)O)C6)CC5)c(Br)c4)nccn23)c(F)c1F. The fraction of sp³-hybridized carbons (Fsp3) is 0.312. The van der Waals surface area contributed by atoms with E-state index in [1.807, 2.05) is 0 Å². The van der Waals surface area contributed by atoms with Crippen LogP contribution >= 0.6 is 15.9 Å². The molecule has 16 heteroatoms. The van der Waals surface area contributed by atoms with Gasteiger partial charge in [0, 0.05) is 66.8 Å². The lowest BCUT2D eigenvalue weighted by Crippen LogP contribution is -2.57. The summed E-state index contributed by atoms with van der Waals surface area (Å²) in [4.78, 5) is 49.9. The number of carbonyl (C=O) groups excluding carboxylic acids is 2. The average molecular weight is 724 g/mol. The molecule has 1 atom stereocenters. The van der Waals surface area contributed by atoms with E-state index in [-0.39, 0.29) is 41.3 Å². The van der Waals surface area contributed by atoms with Crippen LogP contribution < -0.4 is 15.4 Å². The predicted octanol–water partition coefficient (Wildman–Crippen LogP) is 3.82. The maximum absolute atomic E-state index is 15.0. The van der Waals surface area contributed by atoms with E-state index in [1.54, 1.807) is 44.7 Å². The Morgan fingerprint density at radius 2 is 1.90 bits per heavy atom. The van der Waals surface area contributed by atoms with Crippen molar-refractivity contribution in [3.8, 4) is 23.1 Å². The Bertz CT molecular complexity index is 1940. The lowest BCUT2D eigenvalue weighted by molar-refractivity contribution is -0.144. The first-order valence-electron chi connectivity index (χ1n) is 15.1. The number of ether oxygens (including phenoxy) is 1. The number of carboxylic acids is 1. The molecule has 2 fully saturated rings. The number of halogens is 3. The highest BCUT2D eigenvalue weighted by Crippen LogP contribution is 2.33. The van der Waals surface area contributed by atoms with E-state index in [0.717, 1.165) is 0 Å². The minimum atomic E-state index is -1.21. The second kappa shape index (κ2) is 13.9. The summed E-state index contributed by atoms with van der Waals surface area (Å²) in [6.07, 6.45) is 5.40. The van der Waals surface area contributed by atoms with Crippen molar-refractivity contribution in [2.75, 3.05) is 44.6 Å². The molecule has 0 saturated carbocycles. The van der Waals surface area contributed by atoms with Crippen molar-refractivity contribution in [1.29, 1.82) is 5.26 Å². The Balaban J connectivity index is 1.12. The first kappa shape index (κ1) is 32.8. The summed E-state index contributed by atoms with van der Waals surface area (Å²) < 4.78 is 36.6. The predicted molar refractivity (Wildman–Crippen MR) is 172 cm³/mol. The third-order valence-electron chi connectivity index (χ3n) is 8.42. The molecule has 0 radical (unpaired) electrons. The minimum Gasteiger partial charge on any atom is -0.480 e. The minimum absolute atomic E-state index is 0.0592. The Hall–Kier alpha value is -5.14. The molecular weight excluding hydrogens is 694 g/mol. The zero-order valence-electron chi connectivity index (χ0n) is 25.3. The number of carboxylic acid groups (broad SMARTS) is 1. The molecule has 13 nitrogen and oxygen atoms in total. The van der Waals surface area contributed by atoms with E-state index >= 15 is 0 Å². The van der Waals surface area contributed by atoms with Gasteiger partial charge in [-0.25, -0.2) is 14.4 Å². The van der Waals surface area contributed by atoms with Gasteiger partial charge in [-0.3, -0.25) is 18.8 Å². The molecule has 2 saturated heterocycles. The zero-order valence-corrected chi connectivity index (χ0v) is 26.9. The van der Waals surface area contributed by atoms with E-state index in [9.17, 15) is 28.3 Å². The lowest BCUT2D eigenvalue weighted by atomic mass is 9.94. The molecule has 2 aromatic carbocycles. The van der Waals surface area contributed by atoms with Crippen molar-refractivity contribution in [2.24, 2.45) is 5.92 Å². The number of rotatable bonds is 8. The van der Waals surface area contributed by atoms with Gasteiger partial charge in [0.25, 0.3) is 5.91 Å². The van der Waals surface area contributed by atoms with Crippen LogP contribution in [0.5, 0.6) is 5.75 Å². The number of piperidine rings is 1. The molecule has 48 heavy (non-hydrogen) atoms. The zero-order chi connectivity index (χ0) is 33.9. The molecule has 0 bridgehead atoms. The number of fused-ring (bicyclic) bond motifs is 1. The van der Waals surface area contributed by atoms with E-state index in [0.29, 0.717) is 66.2 Å². The van der Waals surface area contributed by atoms with Gasteiger partial charge in [-0.05, 0) is 59.1 Å². The maximum atomic E-state index is 15.0. The smallest absolute Gasteiger partial charge is 0.322 e. The second-order valence-electron chi connectivity index (χ2n) is 11.3. The number of amides is 2. The van der Waals surface area contributed by atoms with Crippen molar-refractivity contribution < 1.29 is 33.0 Å². The normalized spacial score (nSPS) is 16.8. The lowest BCUT2D eigenvalue weighted by Gasteiger charge is -2.37. The van der Waals surface area contributed by atoms with Gasteiger partial charge in [0.15, 0.2) is 29.6 Å². The molecular formula is C32H29BrF2N8O5. The van der Waals surface area contributed by atoms with Crippen LogP contribution in [0.15, 0.2) is 53.4 Å². The summed E-state index contributed by atoms with van der Waals surface area (Å²) in [6, 6.07) is 8.63. The second-order valence-corrected chi connectivity index (χ2v) is 12.2. The molecule has 3 N–H and O–H groups in total. The van der Waals surface area contributed by atoms with Gasteiger partial charge >= 0.3 is 5.97 Å². The van der Waals surface area contributed by atoms with Crippen LogP contribution in [-0.4, -0.2) is 92.4 Å². The number of hydrogen-bond acceptors (Lipinski definition) is 9. The van der Waals surface area contributed by atoms with E-state index in [1.165, 1.54) is 24.5 Å². The van der Waals surface area contributed by atoms with Crippen LogP contribution in [-0.2, 0) is 9.59 Å². The molecule has 4 aromatic rings. The number of imidazole rings is 1. The van der Waals surface area contributed by atoms with Gasteiger partial charge in [0.2, 0.25) is 11.7 Å². The van der Waals surface area contributed by atoms with Gasteiger partial charge < -0.3 is 30.3 Å². The summed E-state index contributed by atoms with van der Waals surface area (Å²) in [5.74, 6) is -3.92. The number of piperazine rings is 1. The monoisotopic (exact) mass is 722 g/mol. The highest BCUT2D eigenvalue weighted by atomic mass is 79.9. The summed E-state index contributed by atoms with van der Waals surface area (Å²) in [7, 11) is 0. The molecule has 4 heterocycles. The summed E-state index contributed by atoms with van der Waals surface area (Å²) in [5.41, 5.74) is 1.57. The molecule has 2 aliphatic heterocycles. The number of nitriles is 1. The number of benzene rings is 2. The molecule has 248 valence electrons. The van der Waals surface area contributed by atoms with Crippen molar-refractivity contribution >= 4 is 50.9 Å². The van der Waals surface area contributed by atoms with Crippen molar-refractivity contribution in [2.45, 2.75) is 18.9 Å². The van der Waals surface area contributed by atoms with E-state index < -0.39 is 30.3 Å².